The summed E-state index contributed by atoms with van der Waals surface area (Å²) in [6.45, 7) is 3.01. The van der Waals surface area contributed by atoms with Gasteiger partial charge in [0.15, 0.2) is 0 Å². The Bertz CT molecular complexity index is 552. The van der Waals surface area contributed by atoms with E-state index in [2.05, 4.69) is 35.5 Å². The Morgan fingerprint density at radius 1 is 1.30 bits per heavy atom. The molecule has 106 valence electrons. The van der Waals surface area contributed by atoms with E-state index in [1.54, 1.807) is 0 Å². The number of ether oxygens (including phenoxy) is 1. The normalized spacial score (nSPS) is 23.9. The molecule has 4 heteroatoms. The monoisotopic (exact) mass is 271 g/mol. The van der Waals surface area contributed by atoms with Crippen molar-refractivity contribution in [1.82, 2.24) is 15.1 Å². The molecule has 0 radical (unpaired) electrons. The van der Waals surface area contributed by atoms with E-state index in [0.29, 0.717) is 5.92 Å². The van der Waals surface area contributed by atoms with Crippen LogP contribution in [-0.2, 0) is 4.74 Å². The van der Waals surface area contributed by atoms with Crippen molar-refractivity contribution in [3.05, 3.63) is 48.3 Å². The lowest BCUT2D eigenvalue weighted by molar-refractivity contribution is 0.0955. The van der Waals surface area contributed by atoms with Crippen LogP contribution in [0.3, 0.4) is 0 Å². The Morgan fingerprint density at radius 3 is 2.75 bits per heavy atom. The number of rotatable bonds is 4. The van der Waals surface area contributed by atoms with Gasteiger partial charge in [-0.25, -0.2) is 4.68 Å². The van der Waals surface area contributed by atoms with Crippen LogP contribution in [0.2, 0.25) is 0 Å². The molecular weight excluding hydrogens is 250 g/mol. The van der Waals surface area contributed by atoms with Gasteiger partial charge in [-0.3, -0.25) is 0 Å². The number of benzene rings is 1. The van der Waals surface area contributed by atoms with Gasteiger partial charge in [-0.05, 0) is 38.6 Å². The minimum Gasteiger partial charge on any atom is -0.378 e. The van der Waals surface area contributed by atoms with Crippen LogP contribution in [0.1, 0.15) is 25.1 Å². The Kier molecular flexibility index (Phi) is 3.85. The third kappa shape index (κ3) is 2.37. The Labute approximate surface area is 119 Å². The smallest absolute Gasteiger partial charge is 0.0649 e. The Balaban J connectivity index is 1.95. The lowest BCUT2D eigenvalue weighted by Gasteiger charge is -2.26. The molecule has 1 aliphatic rings. The van der Waals surface area contributed by atoms with Gasteiger partial charge in [0.1, 0.15) is 0 Å². The van der Waals surface area contributed by atoms with Gasteiger partial charge in [0.2, 0.25) is 0 Å². The zero-order chi connectivity index (χ0) is 13.9. The lowest BCUT2D eigenvalue weighted by Crippen LogP contribution is -2.31. The van der Waals surface area contributed by atoms with Gasteiger partial charge >= 0.3 is 0 Å². The summed E-state index contributed by atoms with van der Waals surface area (Å²) in [5.41, 5.74) is 2.29. The van der Waals surface area contributed by atoms with Gasteiger partial charge in [-0.1, -0.05) is 18.2 Å². The number of nitrogens with one attached hydrogen (secondary N) is 1. The average molecular weight is 271 g/mol. The van der Waals surface area contributed by atoms with Crippen LogP contribution in [0.5, 0.6) is 0 Å². The molecule has 1 fully saturated rings. The molecule has 1 N–H and O–H groups in total. The maximum absolute atomic E-state index is 5.72. The number of aromatic nitrogens is 2. The minimum atomic E-state index is 0.259. The highest BCUT2D eigenvalue weighted by Gasteiger charge is 2.33. The Hall–Kier alpha value is -1.65. The van der Waals surface area contributed by atoms with Crippen molar-refractivity contribution < 1.29 is 4.74 Å². The fourth-order valence-corrected chi connectivity index (χ4v) is 3.10. The van der Waals surface area contributed by atoms with Crippen molar-refractivity contribution >= 4 is 0 Å². The molecule has 3 rings (SSSR count). The summed E-state index contributed by atoms with van der Waals surface area (Å²) in [6.07, 6.45) is 3.24. The van der Waals surface area contributed by atoms with E-state index < -0.39 is 0 Å². The largest absolute Gasteiger partial charge is 0.378 e. The second-order valence-electron chi connectivity index (χ2n) is 5.30. The van der Waals surface area contributed by atoms with Gasteiger partial charge in [0, 0.05) is 18.7 Å². The molecule has 2 heterocycles. The summed E-state index contributed by atoms with van der Waals surface area (Å²) >= 11 is 0. The van der Waals surface area contributed by atoms with Crippen molar-refractivity contribution in [2.24, 2.45) is 5.92 Å². The second kappa shape index (κ2) is 5.77. The molecule has 1 aromatic heterocycles. The van der Waals surface area contributed by atoms with Crippen LogP contribution in [0.15, 0.2) is 42.6 Å². The third-order valence-corrected chi connectivity index (χ3v) is 4.17. The molecule has 1 saturated heterocycles. The van der Waals surface area contributed by atoms with Crippen molar-refractivity contribution in [1.29, 1.82) is 0 Å². The minimum absolute atomic E-state index is 0.259. The van der Waals surface area contributed by atoms with E-state index in [9.17, 15) is 0 Å². The molecular formula is C16H21N3O. The van der Waals surface area contributed by atoms with Gasteiger partial charge < -0.3 is 10.1 Å². The van der Waals surface area contributed by atoms with Crippen LogP contribution >= 0.6 is 0 Å². The standard InChI is InChI=1S/C16H21N3O/c1-12-14(9-11-20-12)16(17-2)15-8-10-18-19(15)13-6-4-3-5-7-13/h3-8,10,12,14,16-17H,9,11H2,1-2H3. The first-order valence-corrected chi connectivity index (χ1v) is 7.19. The van der Waals surface area contributed by atoms with Crippen LogP contribution < -0.4 is 5.32 Å². The van der Waals surface area contributed by atoms with Gasteiger partial charge in [0.25, 0.3) is 0 Å². The topological polar surface area (TPSA) is 39.1 Å². The Morgan fingerprint density at radius 2 is 2.10 bits per heavy atom. The number of hydrogen-bond acceptors (Lipinski definition) is 3. The number of para-hydroxylation sites is 1. The van der Waals surface area contributed by atoms with Gasteiger partial charge in [0.05, 0.1) is 23.5 Å². The quantitative estimate of drug-likeness (QED) is 0.929. The fraction of sp³-hybridized carbons (Fsp3) is 0.438. The van der Waals surface area contributed by atoms with Crippen LogP contribution in [0, 0.1) is 5.92 Å². The molecule has 0 aliphatic carbocycles. The lowest BCUT2D eigenvalue weighted by atomic mass is 9.91. The van der Waals surface area contributed by atoms with Gasteiger partial charge in [-0.2, -0.15) is 5.10 Å². The predicted octanol–water partition coefficient (Wildman–Crippen LogP) is 2.56. The van der Waals surface area contributed by atoms with Crippen molar-refractivity contribution in [3.8, 4) is 5.69 Å². The SMILES string of the molecule is CNC(c1ccnn1-c1ccccc1)C1CCOC1C. The maximum atomic E-state index is 5.72. The third-order valence-electron chi connectivity index (χ3n) is 4.17. The summed E-state index contributed by atoms with van der Waals surface area (Å²) < 4.78 is 7.74. The molecule has 0 amide bonds. The van der Waals surface area contributed by atoms with E-state index in [-0.39, 0.29) is 12.1 Å². The summed E-state index contributed by atoms with van der Waals surface area (Å²) in [5.74, 6) is 0.485. The van der Waals surface area contributed by atoms with Crippen LogP contribution in [0.4, 0.5) is 0 Å². The van der Waals surface area contributed by atoms with E-state index in [1.807, 2.05) is 36.1 Å². The molecule has 4 nitrogen and oxygen atoms in total. The highest BCUT2D eigenvalue weighted by molar-refractivity contribution is 5.33. The molecule has 2 aromatic rings. The molecule has 20 heavy (non-hydrogen) atoms. The molecule has 1 aromatic carbocycles. The van der Waals surface area contributed by atoms with Crippen molar-refractivity contribution in [2.75, 3.05) is 13.7 Å². The average Bonchev–Trinajstić information content (AvgIpc) is 3.11. The van der Waals surface area contributed by atoms with Gasteiger partial charge in [-0.15, -0.1) is 0 Å². The fourth-order valence-electron chi connectivity index (χ4n) is 3.10. The van der Waals surface area contributed by atoms with E-state index >= 15 is 0 Å². The van der Waals surface area contributed by atoms with Crippen molar-refractivity contribution in [3.63, 3.8) is 0 Å². The molecule has 0 saturated carbocycles. The summed E-state index contributed by atoms with van der Waals surface area (Å²) in [5, 5.41) is 7.93. The highest BCUT2D eigenvalue weighted by Crippen LogP contribution is 2.33. The number of hydrogen-bond donors (Lipinski definition) is 1. The molecule has 3 unspecified atom stereocenters. The summed E-state index contributed by atoms with van der Waals surface area (Å²) in [4.78, 5) is 0. The highest BCUT2D eigenvalue weighted by atomic mass is 16.5. The first-order valence-electron chi connectivity index (χ1n) is 7.19. The zero-order valence-corrected chi connectivity index (χ0v) is 12.0. The number of nitrogens with zero attached hydrogens (tertiary/aromatic N) is 2. The van der Waals surface area contributed by atoms with E-state index in [4.69, 9.17) is 4.74 Å². The van der Waals surface area contributed by atoms with Crippen molar-refractivity contribution in [2.45, 2.75) is 25.5 Å². The van der Waals surface area contributed by atoms with Crippen LogP contribution in [0.25, 0.3) is 5.69 Å². The summed E-state index contributed by atoms with van der Waals surface area (Å²) in [6, 6.07) is 12.6. The molecule has 1 aliphatic heterocycles. The maximum Gasteiger partial charge on any atom is 0.0649 e. The van der Waals surface area contributed by atoms with Crippen LogP contribution in [-0.4, -0.2) is 29.5 Å². The van der Waals surface area contributed by atoms with E-state index in [0.717, 1.165) is 18.7 Å². The predicted molar refractivity (Wildman–Crippen MR) is 78.9 cm³/mol. The second-order valence-corrected chi connectivity index (χ2v) is 5.30. The molecule has 3 atom stereocenters. The zero-order valence-electron chi connectivity index (χ0n) is 12.0. The van der Waals surface area contributed by atoms with E-state index in [1.165, 1.54) is 5.69 Å². The molecule has 0 bridgehead atoms. The molecule has 0 spiro atoms. The first kappa shape index (κ1) is 13.3. The first-order chi connectivity index (χ1) is 9.81. The summed E-state index contributed by atoms with van der Waals surface area (Å²) in [7, 11) is 2.01.